The predicted molar refractivity (Wildman–Crippen MR) is 101 cm³/mol. The first kappa shape index (κ1) is 17.4. The third kappa shape index (κ3) is 3.01. The first-order valence-electron chi connectivity index (χ1n) is 8.13. The van der Waals surface area contributed by atoms with Crippen molar-refractivity contribution in [2.24, 2.45) is 14.1 Å². The highest BCUT2D eigenvalue weighted by Crippen LogP contribution is 2.18. The van der Waals surface area contributed by atoms with Crippen LogP contribution in [0.3, 0.4) is 0 Å². The molecule has 4 rings (SSSR count). The molecule has 0 radical (unpaired) electrons. The highest BCUT2D eigenvalue weighted by molar-refractivity contribution is 9.10. The zero-order chi connectivity index (χ0) is 19.1. The molecule has 138 valence electrons. The number of hydrogen-bond acceptors (Lipinski definition) is 6. The molecule has 0 amide bonds. The zero-order valence-corrected chi connectivity index (χ0v) is 16.2. The maximum Gasteiger partial charge on any atom is 0.332 e. The molecular formula is C17H15BrN6O3. The molecule has 0 fully saturated rings. The van der Waals surface area contributed by atoms with Crippen LogP contribution < -0.4 is 11.2 Å². The first-order chi connectivity index (χ1) is 13.0. The monoisotopic (exact) mass is 430 g/mol. The van der Waals surface area contributed by atoms with E-state index in [4.69, 9.17) is 4.52 Å². The number of rotatable bonds is 4. The van der Waals surface area contributed by atoms with Crippen LogP contribution in [0, 0.1) is 0 Å². The molecule has 0 aliphatic rings. The van der Waals surface area contributed by atoms with Crippen molar-refractivity contribution in [1.82, 2.24) is 28.8 Å². The van der Waals surface area contributed by atoms with Gasteiger partial charge in [-0.1, -0.05) is 35.5 Å². The van der Waals surface area contributed by atoms with Gasteiger partial charge in [0.1, 0.15) is 6.54 Å². The van der Waals surface area contributed by atoms with Crippen molar-refractivity contribution in [3.05, 3.63) is 73.2 Å². The quantitative estimate of drug-likeness (QED) is 0.451. The van der Waals surface area contributed by atoms with E-state index >= 15 is 0 Å². The Morgan fingerprint density at radius 2 is 1.81 bits per heavy atom. The molecule has 3 heterocycles. The molecule has 0 spiro atoms. The minimum Gasteiger partial charge on any atom is -0.337 e. The lowest BCUT2D eigenvalue weighted by molar-refractivity contribution is 0.366. The average molecular weight is 431 g/mol. The summed E-state index contributed by atoms with van der Waals surface area (Å²) in [6.45, 7) is 0.180. The molecule has 0 atom stereocenters. The molecular weight excluding hydrogens is 416 g/mol. The summed E-state index contributed by atoms with van der Waals surface area (Å²) in [5.74, 6) is 0.913. The molecule has 0 N–H and O–H groups in total. The van der Waals surface area contributed by atoms with Gasteiger partial charge in [-0.3, -0.25) is 18.5 Å². The van der Waals surface area contributed by atoms with E-state index in [1.165, 1.54) is 11.6 Å². The molecule has 0 bridgehead atoms. The minimum atomic E-state index is -0.456. The van der Waals surface area contributed by atoms with E-state index in [9.17, 15) is 9.59 Å². The fourth-order valence-electron chi connectivity index (χ4n) is 2.94. The van der Waals surface area contributed by atoms with E-state index < -0.39 is 11.2 Å². The SMILES string of the molecule is Cn1c(=O)c2nc(Br)n(Cc3nc(Cc4ccccc4)no3)c2n(C)c1=O. The molecule has 9 nitrogen and oxygen atoms in total. The number of halogens is 1. The third-order valence-corrected chi connectivity index (χ3v) is 4.91. The lowest BCUT2D eigenvalue weighted by Gasteiger charge is -2.07. The second-order valence-electron chi connectivity index (χ2n) is 6.11. The lowest BCUT2D eigenvalue weighted by atomic mass is 10.1. The van der Waals surface area contributed by atoms with E-state index in [1.54, 1.807) is 11.6 Å². The molecule has 10 heteroatoms. The molecule has 0 aliphatic heterocycles. The highest BCUT2D eigenvalue weighted by atomic mass is 79.9. The Kier molecular flexibility index (Phi) is 4.27. The van der Waals surface area contributed by atoms with Crippen LogP contribution in [0.2, 0.25) is 0 Å². The fourth-order valence-corrected chi connectivity index (χ4v) is 3.41. The Balaban J connectivity index is 1.72. The van der Waals surface area contributed by atoms with Crippen LogP contribution in [-0.2, 0) is 27.1 Å². The van der Waals surface area contributed by atoms with E-state index in [0.717, 1.165) is 10.1 Å². The van der Waals surface area contributed by atoms with Crippen LogP contribution in [0.5, 0.6) is 0 Å². The van der Waals surface area contributed by atoms with Gasteiger partial charge in [-0.05, 0) is 21.5 Å². The van der Waals surface area contributed by atoms with E-state index in [0.29, 0.717) is 28.5 Å². The molecule has 0 unspecified atom stereocenters. The number of aryl methyl sites for hydroxylation is 1. The summed E-state index contributed by atoms with van der Waals surface area (Å²) in [6, 6.07) is 9.82. The normalized spacial score (nSPS) is 11.4. The highest BCUT2D eigenvalue weighted by Gasteiger charge is 2.19. The van der Waals surface area contributed by atoms with Crippen molar-refractivity contribution in [3.8, 4) is 0 Å². The lowest BCUT2D eigenvalue weighted by Crippen LogP contribution is -2.37. The van der Waals surface area contributed by atoms with E-state index in [-0.39, 0.29) is 12.1 Å². The first-order valence-corrected chi connectivity index (χ1v) is 8.92. The molecule has 0 aliphatic carbocycles. The average Bonchev–Trinajstić information content (AvgIpc) is 3.24. The van der Waals surface area contributed by atoms with Crippen LogP contribution in [0.25, 0.3) is 11.2 Å². The molecule has 0 saturated carbocycles. The van der Waals surface area contributed by atoms with Gasteiger partial charge in [-0.15, -0.1) is 0 Å². The van der Waals surface area contributed by atoms with Crippen molar-refractivity contribution in [2.75, 3.05) is 0 Å². The van der Waals surface area contributed by atoms with Gasteiger partial charge in [0.05, 0.1) is 0 Å². The largest absolute Gasteiger partial charge is 0.337 e. The number of hydrogen-bond donors (Lipinski definition) is 0. The molecule has 1 aromatic carbocycles. The maximum atomic E-state index is 12.3. The maximum absolute atomic E-state index is 12.3. The Labute approximate surface area is 161 Å². The van der Waals surface area contributed by atoms with Crippen molar-refractivity contribution < 1.29 is 4.52 Å². The summed E-state index contributed by atoms with van der Waals surface area (Å²) in [4.78, 5) is 33.2. The van der Waals surface area contributed by atoms with Crippen LogP contribution in [0.4, 0.5) is 0 Å². The third-order valence-electron chi connectivity index (χ3n) is 4.30. The Morgan fingerprint density at radius 3 is 2.56 bits per heavy atom. The number of fused-ring (bicyclic) bond motifs is 1. The summed E-state index contributed by atoms with van der Waals surface area (Å²) in [5, 5.41) is 4.00. The summed E-state index contributed by atoms with van der Waals surface area (Å²) in [6.07, 6.45) is 0.551. The minimum absolute atomic E-state index is 0.180. The zero-order valence-electron chi connectivity index (χ0n) is 14.6. The van der Waals surface area contributed by atoms with Gasteiger partial charge in [0.25, 0.3) is 5.56 Å². The van der Waals surface area contributed by atoms with E-state index in [2.05, 4.69) is 31.1 Å². The van der Waals surface area contributed by atoms with Crippen LogP contribution in [0.15, 0.2) is 49.2 Å². The van der Waals surface area contributed by atoms with Gasteiger partial charge in [-0.2, -0.15) is 4.98 Å². The fraction of sp³-hybridized carbons (Fsp3) is 0.235. The number of nitrogens with zero attached hydrogens (tertiary/aromatic N) is 6. The molecule has 27 heavy (non-hydrogen) atoms. The number of imidazole rings is 1. The Morgan fingerprint density at radius 1 is 1.07 bits per heavy atom. The van der Waals surface area contributed by atoms with Crippen molar-refractivity contribution in [1.29, 1.82) is 0 Å². The van der Waals surface area contributed by atoms with Gasteiger partial charge in [0.15, 0.2) is 21.7 Å². The van der Waals surface area contributed by atoms with Crippen LogP contribution in [0.1, 0.15) is 17.3 Å². The van der Waals surface area contributed by atoms with Gasteiger partial charge in [0.2, 0.25) is 5.89 Å². The van der Waals surface area contributed by atoms with Crippen LogP contribution in [-0.4, -0.2) is 28.8 Å². The van der Waals surface area contributed by atoms with Gasteiger partial charge in [0, 0.05) is 20.5 Å². The summed E-state index contributed by atoms with van der Waals surface area (Å²) >= 11 is 3.34. The Bertz CT molecular complexity index is 1250. The number of aromatic nitrogens is 6. The van der Waals surface area contributed by atoms with Crippen molar-refractivity contribution in [2.45, 2.75) is 13.0 Å². The van der Waals surface area contributed by atoms with Gasteiger partial charge in [-0.25, -0.2) is 9.78 Å². The van der Waals surface area contributed by atoms with Gasteiger partial charge < -0.3 is 4.52 Å². The standard InChI is InChI=1S/C17H15BrN6O3/c1-22-14-13(15(25)23(2)17(22)26)20-16(18)24(14)9-12-19-11(21-27-12)8-10-6-4-3-5-7-10/h3-7H,8-9H2,1-2H3. The number of benzene rings is 1. The van der Waals surface area contributed by atoms with Crippen molar-refractivity contribution in [3.63, 3.8) is 0 Å². The predicted octanol–water partition coefficient (Wildman–Crippen LogP) is 1.22. The van der Waals surface area contributed by atoms with Crippen molar-refractivity contribution >= 4 is 27.1 Å². The van der Waals surface area contributed by atoms with Crippen LogP contribution >= 0.6 is 15.9 Å². The molecule has 4 aromatic rings. The molecule has 3 aromatic heterocycles. The smallest absolute Gasteiger partial charge is 0.332 e. The van der Waals surface area contributed by atoms with Gasteiger partial charge >= 0.3 is 5.69 Å². The summed E-state index contributed by atoms with van der Waals surface area (Å²) in [7, 11) is 3.01. The topological polar surface area (TPSA) is 101 Å². The Hall–Kier alpha value is -3.01. The second kappa shape index (κ2) is 6.62. The molecule has 0 saturated heterocycles. The summed E-state index contributed by atoms with van der Waals surface area (Å²) in [5.41, 5.74) is 0.762. The van der Waals surface area contributed by atoms with E-state index in [1.807, 2.05) is 30.3 Å². The summed E-state index contributed by atoms with van der Waals surface area (Å²) < 4.78 is 9.78. The second-order valence-corrected chi connectivity index (χ2v) is 6.82.